The van der Waals surface area contributed by atoms with Crippen LogP contribution in [0.2, 0.25) is 0 Å². The first-order valence-electron chi connectivity index (χ1n) is 7.32. The second-order valence-electron chi connectivity index (χ2n) is 5.24. The van der Waals surface area contributed by atoms with Crippen molar-refractivity contribution in [2.75, 3.05) is 26.2 Å². The van der Waals surface area contributed by atoms with Gasteiger partial charge < -0.3 is 10.4 Å². The second-order valence-corrected chi connectivity index (χ2v) is 5.24. The summed E-state index contributed by atoms with van der Waals surface area (Å²) in [6.45, 7) is 0.706. The molecule has 21 heavy (non-hydrogen) atoms. The second kappa shape index (κ2) is 7.77. The Morgan fingerprint density at radius 2 is 2.29 bits per heavy atom. The van der Waals surface area contributed by atoms with Crippen molar-refractivity contribution in [3.63, 3.8) is 0 Å². The zero-order chi connectivity index (χ0) is 15.1. The van der Waals surface area contributed by atoms with E-state index >= 15 is 0 Å². The van der Waals surface area contributed by atoms with Gasteiger partial charge in [0.25, 0.3) is 0 Å². The number of aliphatic hydroxyl groups excluding tert-OH is 1. The lowest BCUT2D eigenvalue weighted by molar-refractivity contribution is -0.122. The molecule has 2 N–H and O–H groups in total. The summed E-state index contributed by atoms with van der Waals surface area (Å²) >= 11 is 0. The molecule has 1 aromatic carbocycles. The highest BCUT2D eigenvalue weighted by Crippen LogP contribution is 2.33. The summed E-state index contributed by atoms with van der Waals surface area (Å²) in [6, 6.07) is 10.4. The van der Waals surface area contributed by atoms with Crippen molar-refractivity contribution in [1.29, 1.82) is 5.26 Å². The van der Waals surface area contributed by atoms with Gasteiger partial charge in [-0.2, -0.15) is 5.26 Å². The van der Waals surface area contributed by atoms with Crippen molar-refractivity contribution in [3.8, 4) is 6.07 Å². The van der Waals surface area contributed by atoms with Gasteiger partial charge in [-0.3, -0.25) is 9.69 Å². The summed E-state index contributed by atoms with van der Waals surface area (Å²) in [4.78, 5) is 13.9. The zero-order valence-corrected chi connectivity index (χ0v) is 12.1. The van der Waals surface area contributed by atoms with Gasteiger partial charge in [-0.25, -0.2) is 0 Å². The first-order valence-corrected chi connectivity index (χ1v) is 7.32. The number of aliphatic hydroxyl groups is 1. The zero-order valence-electron chi connectivity index (χ0n) is 12.1. The number of aryl methyl sites for hydroxylation is 1. The van der Waals surface area contributed by atoms with Crippen molar-refractivity contribution in [2.45, 2.75) is 25.3 Å². The van der Waals surface area contributed by atoms with Gasteiger partial charge in [0, 0.05) is 12.6 Å². The normalized spacial score (nSPS) is 17.1. The minimum atomic E-state index is -0.173. The summed E-state index contributed by atoms with van der Waals surface area (Å²) in [6.07, 6.45) is 3.15. The first-order chi connectivity index (χ1) is 10.3. The molecular weight excluding hydrogens is 266 g/mol. The maximum atomic E-state index is 11.9. The predicted molar refractivity (Wildman–Crippen MR) is 79.4 cm³/mol. The monoisotopic (exact) mass is 287 g/mol. The summed E-state index contributed by atoms with van der Waals surface area (Å²) in [5.74, 6) is -0.173. The molecule has 0 fully saturated rings. The van der Waals surface area contributed by atoms with Crippen molar-refractivity contribution in [3.05, 3.63) is 35.4 Å². The fraction of sp³-hybridized carbons (Fsp3) is 0.500. The summed E-state index contributed by atoms with van der Waals surface area (Å²) in [7, 11) is 0. The molecule has 1 aromatic rings. The number of hydrogen-bond donors (Lipinski definition) is 2. The quantitative estimate of drug-likeness (QED) is 0.765. The smallest absolute Gasteiger partial charge is 0.235 e. The Balaban J connectivity index is 2.12. The Morgan fingerprint density at radius 1 is 1.48 bits per heavy atom. The number of nitrogens with one attached hydrogen (secondary N) is 1. The third-order valence-electron chi connectivity index (χ3n) is 3.88. The van der Waals surface area contributed by atoms with Gasteiger partial charge in [0.05, 0.1) is 19.2 Å². The number of carbonyl (C=O) groups is 1. The third-order valence-corrected chi connectivity index (χ3v) is 3.88. The Morgan fingerprint density at radius 3 is 3.05 bits per heavy atom. The van der Waals surface area contributed by atoms with E-state index in [9.17, 15) is 9.90 Å². The largest absolute Gasteiger partial charge is 0.395 e. The average molecular weight is 287 g/mol. The molecule has 0 aromatic heterocycles. The van der Waals surface area contributed by atoms with Crippen molar-refractivity contribution < 1.29 is 9.90 Å². The van der Waals surface area contributed by atoms with Crippen LogP contribution in [0, 0.1) is 11.3 Å². The van der Waals surface area contributed by atoms with Gasteiger partial charge in [0.15, 0.2) is 0 Å². The van der Waals surface area contributed by atoms with Crippen LogP contribution in [0.4, 0.5) is 0 Å². The summed E-state index contributed by atoms with van der Waals surface area (Å²) in [5, 5.41) is 20.4. The molecule has 0 bridgehead atoms. The first kappa shape index (κ1) is 15.5. The van der Waals surface area contributed by atoms with Crippen LogP contribution < -0.4 is 5.32 Å². The molecule has 1 unspecified atom stereocenters. The van der Waals surface area contributed by atoms with Crippen LogP contribution in [0.25, 0.3) is 0 Å². The molecule has 1 aliphatic rings. The number of benzene rings is 1. The molecule has 0 spiro atoms. The van der Waals surface area contributed by atoms with Crippen molar-refractivity contribution in [2.24, 2.45) is 0 Å². The van der Waals surface area contributed by atoms with Crippen molar-refractivity contribution >= 4 is 5.91 Å². The van der Waals surface area contributed by atoms with E-state index in [1.165, 1.54) is 11.1 Å². The highest BCUT2D eigenvalue weighted by molar-refractivity contribution is 5.78. The molecule has 0 radical (unpaired) electrons. The highest BCUT2D eigenvalue weighted by Gasteiger charge is 2.26. The number of carbonyl (C=O) groups excluding carboxylic acids is 1. The minimum Gasteiger partial charge on any atom is -0.395 e. The SMILES string of the molecule is N#CCNC(=O)CN(CCO)C1CCCc2ccccc21. The molecule has 5 heteroatoms. The van der Waals surface area contributed by atoms with Gasteiger partial charge in [-0.15, -0.1) is 0 Å². The fourth-order valence-electron chi connectivity index (χ4n) is 2.96. The van der Waals surface area contributed by atoms with Gasteiger partial charge in [0.1, 0.15) is 6.54 Å². The van der Waals surface area contributed by atoms with Gasteiger partial charge in [-0.05, 0) is 30.4 Å². The fourth-order valence-corrected chi connectivity index (χ4v) is 2.96. The number of fused-ring (bicyclic) bond motifs is 1. The lowest BCUT2D eigenvalue weighted by Gasteiger charge is -2.35. The van der Waals surface area contributed by atoms with Crippen LogP contribution in [0.15, 0.2) is 24.3 Å². The van der Waals surface area contributed by atoms with Crippen molar-refractivity contribution in [1.82, 2.24) is 10.2 Å². The van der Waals surface area contributed by atoms with Crippen LogP contribution in [0.1, 0.15) is 30.0 Å². The molecule has 2 rings (SSSR count). The number of nitriles is 1. The summed E-state index contributed by atoms with van der Waals surface area (Å²) in [5.41, 5.74) is 2.58. The Labute approximate surface area is 125 Å². The van der Waals surface area contributed by atoms with Gasteiger partial charge >= 0.3 is 0 Å². The van der Waals surface area contributed by atoms with E-state index in [0.717, 1.165) is 19.3 Å². The van der Waals surface area contributed by atoms with E-state index in [4.69, 9.17) is 5.26 Å². The van der Waals surface area contributed by atoms with E-state index < -0.39 is 0 Å². The van der Waals surface area contributed by atoms with Gasteiger partial charge in [0.2, 0.25) is 5.91 Å². The van der Waals surface area contributed by atoms with Crippen LogP contribution in [0.3, 0.4) is 0 Å². The number of rotatable bonds is 6. The van der Waals surface area contributed by atoms with E-state index in [1.807, 2.05) is 23.1 Å². The maximum absolute atomic E-state index is 11.9. The molecule has 1 aliphatic carbocycles. The van der Waals surface area contributed by atoms with Gasteiger partial charge in [-0.1, -0.05) is 24.3 Å². The highest BCUT2D eigenvalue weighted by atomic mass is 16.3. The topological polar surface area (TPSA) is 76.4 Å². The number of hydrogen-bond acceptors (Lipinski definition) is 4. The van der Waals surface area contributed by atoms with E-state index in [1.54, 1.807) is 0 Å². The molecular formula is C16H21N3O2. The number of nitrogens with zero attached hydrogens (tertiary/aromatic N) is 2. The van der Waals surface area contributed by atoms with Crippen LogP contribution in [-0.4, -0.2) is 42.2 Å². The Kier molecular flexibility index (Phi) is 5.73. The van der Waals surface area contributed by atoms with E-state index in [-0.39, 0.29) is 31.6 Å². The molecule has 5 nitrogen and oxygen atoms in total. The molecule has 1 atom stereocenters. The van der Waals surface area contributed by atoms with Crippen LogP contribution >= 0.6 is 0 Å². The summed E-state index contributed by atoms with van der Waals surface area (Å²) < 4.78 is 0. The Hall–Kier alpha value is -1.90. The minimum absolute atomic E-state index is 0.0181. The predicted octanol–water partition coefficient (Wildman–Crippen LogP) is 0.998. The lowest BCUT2D eigenvalue weighted by atomic mass is 9.87. The van der Waals surface area contributed by atoms with Crippen LogP contribution in [0.5, 0.6) is 0 Å². The maximum Gasteiger partial charge on any atom is 0.235 e. The van der Waals surface area contributed by atoms with E-state index in [2.05, 4.69) is 17.4 Å². The Bertz CT molecular complexity index is 524. The van der Waals surface area contributed by atoms with E-state index in [0.29, 0.717) is 6.54 Å². The average Bonchev–Trinajstić information content (AvgIpc) is 2.52. The molecule has 0 aliphatic heterocycles. The molecule has 0 saturated heterocycles. The molecule has 1 amide bonds. The molecule has 0 heterocycles. The number of amides is 1. The lowest BCUT2D eigenvalue weighted by Crippen LogP contribution is -2.41. The van der Waals surface area contributed by atoms with Crippen LogP contribution in [-0.2, 0) is 11.2 Å². The standard InChI is InChI=1S/C16H21N3O2/c17-8-9-18-16(21)12-19(10-11-20)15-7-3-5-13-4-1-2-6-14(13)15/h1-2,4,6,15,20H,3,5,7,9-12H2,(H,18,21). The molecule has 112 valence electrons. The third kappa shape index (κ3) is 4.03. The molecule has 0 saturated carbocycles.